The minimum absolute atomic E-state index is 0.0168. The number of piperidine rings is 1. The highest BCUT2D eigenvalue weighted by molar-refractivity contribution is 5.67. The number of carboxylic acids is 1. The lowest BCUT2D eigenvalue weighted by atomic mass is 9.64. The monoisotopic (exact) mass is 465 g/mol. The first kappa shape index (κ1) is 27.4. The van der Waals surface area contributed by atoms with Gasteiger partial charge in [0.25, 0.3) is 0 Å². The summed E-state index contributed by atoms with van der Waals surface area (Å²) >= 11 is 0. The zero-order valence-electron chi connectivity index (χ0n) is 20.3. The first-order valence-electron chi connectivity index (χ1n) is 11.8. The second-order valence-electron chi connectivity index (χ2n) is 9.92. The molecule has 1 saturated heterocycles. The van der Waals surface area contributed by atoms with E-state index in [0.29, 0.717) is 18.4 Å². The summed E-state index contributed by atoms with van der Waals surface area (Å²) in [4.78, 5) is 10.8. The van der Waals surface area contributed by atoms with E-state index < -0.39 is 24.6 Å². The van der Waals surface area contributed by atoms with Crippen molar-refractivity contribution in [1.82, 2.24) is 5.32 Å². The van der Waals surface area contributed by atoms with Crippen LogP contribution in [0.5, 0.6) is 0 Å². The maximum absolute atomic E-state index is 13.7. The van der Waals surface area contributed by atoms with E-state index in [0.717, 1.165) is 5.56 Å². The first-order valence-corrected chi connectivity index (χ1v) is 11.8. The van der Waals surface area contributed by atoms with Crippen molar-refractivity contribution in [2.45, 2.75) is 70.7 Å². The van der Waals surface area contributed by atoms with Crippen LogP contribution < -0.4 is 5.32 Å². The maximum atomic E-state index is 13.7. The highest BCUT2D eigenvalue weighted by atomic mass is 19.1. The van der Waals surface area contributed by atoms with E-state index in [1.165, 1.54) is 12.1 Å². The van der Waals surface area contributed by atoms with Crippen molar-refractivity contribution in [2.24, 2.45) is 23.7 Å². The van der Waals surface area contributed by atoms with Crippen molar-refractivity contribution in [3.05, 3.63) is 47.8 Å². The number of nitrogens with one attached hydrogen (secondary N) is 1. The van der Waals surface area contributed by atoms with Crippen LogP contribution in [-0.4, -0.2) is 59.3 Å². The molecule has 1 aliphatic rings. The second-order valence-corrected chi connectivity index (χ2v) is 9.92. The Bertz CT molecular complexity index is 766. The number of aliphatic carboxylic acids is 1. The van der Waals surface area contributed by atoms with Gasteiger partial charge in [-0.15, -0.1) is 0 Å². The van der Waals surface area contributed by atoms with Crippen LogP contribution in [0.4, 0.5) is 4.39 Å². The normalized spacial score (nSPS) is 27.9. The molecule has 1 aromatic carbocycles. The van der Waals surface area contributed by atoms with Crippen LogP contribution in [0.1, 0.15) is 52.0 Å². The summed E-state index contributed by atoms with van der Waals surface area (Å²) in [5, 5.41) is 33.0. The van der Waals surface area contributed by atoms with E-state index in [1.54, 1.807) is 13.2 Å². The third-order valence-electron chi connectivity index (χ3n) is 6.67. The Hall–Kier alpha value is -1.80. The van der Waals surface area contributed by atoms with Crippen LogP contribution >= 0.6 is 0 Å². The van der Waals surface area contributed by atoms with Gasteiger partial charge in [-0.2, -0.15) is 0 Å². The summed E-state index contributed by atoms with van der Waals surface area (Å²) in [6.45, 7) is 9.21. The van der Waals surface area contributed by atoms with Gasteiger partial charge in [0.15, 0.2) is 0 Å². The zero-order valence-corrected chi connectivity index (χ0v) is 20.3. The molecule has 186 valence electrons. The molecular formula is C26H40FNO5. The molecule has 5 unspecified atom stereocenters. The molecule has 33 heavy (non-hydrogen) atoms. The van der Waals surface area contributed by atoms with Crippen molar-refractivity contribution in [3.8, 4) is 0 Å². The molecule has 0 spiro atoms. The summed E-state index contributed by atoms with van der Waals surface area (Å²) in [6, 6.07) is 6.92. The fraction of sp³-hybridized carbons (Fsp3) is 0.654. The second kappa shape index (κ2) is 12.6. The van der Waals surface area contributed by atoms with Crippen molar-refractivity contribution < 1.29 is 29.2 Å². The smallest absolute Gasteiger partial charge is 0.305 e. The van der Waals surface area contributed by atoms with Crippen molar-refractivity contribution >= 4 is 5.97 Å². The molecule has 2 rings (SSSR count). The summed E-state index contributed by atoms with van der Waals surface area (Å²) in [6.07, 6.45) is 1.09. The SMILES string of the molecule is COCC1C(C(C)C)NC(C(C)C)C(/C=C/[C@@H](O)C[C@@H](O)CC(=O)O)C1c1ccc(F)cc1. The average molecular weight is 466 g/mol. The molecule has 1 aromatic rings. The van der Waals surface area contributed by atoms with Crippen LogP contribution in [0.2, 0.25) is 0 Å². The summed E-state index contributed by atoms with van der Waals surface area (Å²) < 4.78 is 19.3. The molecule has 1 heterocycles. The largest absolute Gasteiger partial charge is 0.481 e. The molecule has 0 radical (unpaired) electrons. The van der Waals surface area contributed by atoms with E-state index in [2.05, 4.69) is 33.0 Å². The highest BCUT2D eigenvalue weighted by Crippen LogP contribution is 2.44. The van der Waals surface area contributed by atoms with E-state index in [-0.39, 0.29) is 42.1 Å². The van der Waals surface area contributed by atoms with Gasteiger partial charge in [0.2, 0.25) is 0 Å². The Morgan fingerprint density at radius 1 is 1.12 bits per heavy atom. The lowest BCUT2D eigenvalue weighted by Gasteiger charge is -2.50. The molecule has 0 amide bonds. The number of hydrogen-bond donors (Lipinski definition) is 4. The van der Waals surface area contributed by atoms with Gasteiger partial charge < -0.3 is 25.4 Å². The van der Waals surface area contributed by atoms with E-state index in [9.17, 15) is 19.4 Å². The number of methoxy groups -OCH3 is 1. The van der Waals surface area contributed by atoms with Crippen LogP contribution in [0.15, 0.2) is 36.4 Å². The van der Waals surface area contributed by atoms with Gasteiger partial charge in [-0.3, -0.25) is 4.79 Å². The van der Waals surface area contributed by atoms with Gasteiger partial charge in [0, 0.05) is 31.5 Å². The van der Waals surface area contributed by atoms with Gasteiger partial charge in [-0.1, -0.05) is 52.0 Å². The molecule has 0 aliphatic carbocycles. The van der Waals surface area contributed by atoms with E-state index in [4.69, 9.17) is 9.84 Å². The quantitative estimate of drug-likeness (QED) is 0.373. The zero-order chi connectivity index (χ0) is 24.7. The number of ether oxygens (including phenoxy) is 1. The van der Waals surface area contributed by atoms with Gasteiger partial charge in [0.1, 0.15) is 5.82 Å². The van der Waals surface area contributed by atoms with Crippen molar-refractivity contribution in [3.63, 3.8) is 0 Å². The van der Waals surface area contributed by atoms with Gasteiger partial charge in [0.05, 0.1) is 25.2 Å². The lowest BCUT2D eigenvalue weighted by Crippen LogP contribution is -2.60. The predicted octanol–water partition coefficient (Wildman–Crippen LogP) is 3.58. The Labute approximate surface area is 196 Å². The summed E-state index contributed by atoms with van der Waals surface area (Å²) in [5.74, 6) is -0.603. The molecule has 1 aliphatic heterocycles. The van der Waals surface area contributed by atoms with Crippen LogP contribution in [0, 0.1) is 29.5 Å². The third kappa shape index (κ3) is 7.60. The molecular weight excluding hydrogens is 425 g/mol. The first-order chi connectivity index (χ1) is 15.5. The summed E-state index contributed by atoms with van der Waals surface area (Å²) in [5.41, 5.74) is 1.02. The predicted molar refractivity (Wildman–Crippen MR) is 126 cm³/mol. The van der Waals surface area contributed by atoms with Gasteiger partial charge in [-0.05, 0) is 41.4 Å². The molecule has 0 bridgehead atoms. The Morgan fingerprint density at radius 3 is 2.24 bits per heavy atom. The van der Waals surface area contributed by atoms with E-state index in [1.807, 2.05) is 18.2 Å². The fourth-order valence-electron chi connectivity index (χ4n) is 5.21. The third-order valence-corrected chi connectivity index (χ3v) is 6.67. The van der Waals surface area contributed by atoms with Crippen LogP contribution in [0.3, 0.4) is 0 Å². The molecule has 7 atom stereocenters. The van der Waals surface area contributed by atoms with E-state index >= 15 is 0 Å². The number of aliphatic hydroxyl groups excluding tert-OH is 2. The lowest BCUT2D eigenvalue weighted by molar-refractivity contribution is -0.139. The molecule has 0 saturated carbocycles. The molecule has 4 N–H and O–H groups in total. The maximum Gasteiger partial charge on any atom is 0.305 e. The van der Waals surface area contributed by atoms with Crippen molar-refractivity contribution in [1.29, 1.82) is 0 Å². The number of hydrogen-bond acceptors (Lipinski definition) is 5. The van der Waals surface area contributed by atoms with Gasteiger partial charge in [-0.25, -0.2) is 4.39 Å². The van der Waals surface area contributed by atoms with Crippen LogP contribution in [-0.2, 0) is 9.53 Å². The summed E-state index contributed by atoms with van der Waals surface area (Å²) in [7, 11) is 1.69. The number of rotatable bonds is 11. The number of carboxylic acid groups (broad SMARTS) is 1. The number of aliphatic hydroxyl groups is 2. The number of carbonyl (C=O) groups is 1. The minimum atomic E-state index is -1.12. The Kier molecular flexibility index (Phi) is 10.5. The average Bonchev–Trinajstić information content (AvgIpc) is 2.72. The Balaban J connectivity index is 2.44. The highest BCUT2D eigenvalue weighted by Gasteiger charge is 2.45. The molecule has 1 fully saturated rings. The number of halogens is 1. The molecule has 7 heteroatoms. The Morgan fingerprint density at radius 2 is 1.73 bits per heavy atom. The van der Waals surface area contributed by atoms with Crippen molar-refractivity contribution in [2.75, 3.05) is 13.7 Å². The minimum Gasteiger partial charge on any atom is -0.481 e. The van der Waals surface area contributed by atoms with Gasteiger partial charge >= 0.3 is 5.97 Å². The molecule has 6 nitrogen and oxygen atoms in total. The fourth-order valence-corrected chi connectivity index (χ4v) is 5.21. The molecule has 0 aromatic heterocycles. The number of benzene rings is 1. The topological polar surface area (TPSA) is 99.0 Å². The standard InChI is InChI=1S/C26H40FNO5/c1-15(2)25-21(11-10-19(29)12-20(30)13-23(31)32)24(17-6-8-18(27)9-7-17)22(14-33-5)26(28-25)16(3)4/h6-11,15-16,19-22,24-26,28-30H,12-14H2,1-5H3,(H,31,32)/b11-10+/t19-,20-,21?,22?,24?,25?,26?/m1/s1. The van der Waals surface area contributed by atoms with Crippen LogP contribution in [0.25, 0.3) is 0 Å².